The minimum Gasteiger partial charge on any atom is -0.465 e. The lowest BCUT2D eigenvalue weighted by Crippen LogP contribution is -2.62. The number of esters is 1. The molecule has 2 heterocycles. The zero-order valence-electron chi connectivity index (χ0n) is 21.7. The minimum atomic E-state index is -1.31. The summed E-state index contributed by atoms with van der Waals surface area (Å²) in [6, 6.07) is 17.2. The van der Waals surface area contributed by atoms with Gasteiger partial charge in [-0.05, 0) is 73.2 Å². The number of hydrogen-bond acceptors (Lipinski definition) is 6. The van der Waals surface area contributed by atoms with Gasteiger partial charge < -0.3 is 19.5 Å². The third-order valence-corrected chi connectivity index (χ3v) is 8.01. The van der Waals surface area contributed by atoms with E-state index in [4.69, 9.17) is 32.7 Å². The monoisotopic (exact) mass is 568 g/mol. The number of pyridine rings is 1. The van der Waals surface area contributed by atoms with E-state index in [0.717, 1.165) is 24.0 Å². The summed E-state index contributed by atoms with van der Waals surface area (Å²) in [6.45, 7) is 1.60. The molecule has 0 spiro atoms. The topological polar surface area (TPSA) is 89.0 Å². The van der Waals surface area contributed by atoms with Crippen molar-refractivity contribution in [1.82, 2.24) is 9.88 Å². The van der Waals surface area contributed by atoms with E-state index in [1.54, 1.807) is 37.3 Å². The molecule has 1 aromatic heterocycles. The number of morpholine rings is 1. The molecule has 1 aliphatic carbocycles. The van der Waals surface area contributed by atoms with Crippen molar-refractivity contribution in [3.63, 3.8) is 0 Å². The maximum absolute atomic E-state index is 14.4. The van der Waals surface area contributed by atoms with Gasteiger partial charge in [-0.1, -0.05) is 47.5 Å². The zero-order chi connectivity index (χ0) is 27.7. The first-order chi connectivity index (χ1) is 18.7. The Morgan fingerprint density at radius 3 is 2.46 bits per heavy atom. The van der Waals surface area contributed by atoms with Gasteiger partial charge in [-0.2, -0.15) is 0 Å². The summed E-state index contributed by atoms with van der Waals surface area (Å²) in [7, 11) is 1.31. The van der Waals surface area contributed by atoms with E-state index >= 15 is 0 Å². The second-order valence-corrected chi connectivity index (χ2v) is 11.2. The second kappa shape index (κ2) is 11.3. The molecule has 0 radical (unpaired) electrons. The summed E-state index contributed by atoms with van der Waals surface area (Å²) in [5.74, 6) is -0.516. The van der Waals surface area contributed by atoms with Crippen molar-refractivity contribution in [2.24, 2.45) is 5.92 Å². The molecule has 2 fully saturated rings. The Labute approximate surface area is 237 Å². The van der Waals surface area contributed by atoms with Crippen LogP contribution in [0.3, 0.4) is 0 Å². The average Bonchev–Trinajstić information content (AvgIpc) is 3.77. The van der Waals surface area contributed by atoms with Crippen molar-refractivity contribution >= 4 is 35.1 Å². The van der Waals surface area contributed by atoms with Gasteiger partial charge in [-0.3, -0.25) is 9.78 Å². The summed E-state index contributed by atoms with van der Waals surface area (Å²) in [6.07, 6.45) is 2.89. The van der Waals surface area contributed by atoms with Gasteiger partial charge in [0.15, 0.2) is 5.60 Å². The fraction of sp³-hybridized carbons (Fsp3) is 0.367. The Balaban J connectivity index is 1.60. The molecule has 1 amide bonds. The molecule has 2 aromatic carbocycles. The molecule has 0 bridgehead atoms. The maximum Gasteiger partial charge on any atom is 0.339 e. The Hall–Kier alpha value is -2.97. The van der Waals surface area contributed by atoms with Crippen molar-refractivity contribution in [3.05, 3.63) is 99.3 Å². The number of halogens is 2. The quantitative estimate of drug-likeness (QED) is 0.356. The van der Waals surface area contributed by atoms with Crippen LogP contribution in [-0.2, 0) is 20.7 Å². The van der Waals surface area contributed by atoms with Gasteiger partial charge in [0.25, 0.3) is 5.91 Å². The van der Waals surface area contributed by atoms with Crippen LogP contribution in [-0.4, -0.2) is 52.2 Å². The average molecular weight is 569 g/mol. The molecule has 204 valence electrons. The number of aromatic nitrogens is 1. The molecule has 7 nitrogen and oxygen atoms in total. The number of carbonyl (C=O) groups excluding carboxylic acids is 2. The molecule has 4 atom stereocenters. The Morgan fingerprint density at radius 1 is 1.13 bits per heavy atom. The van der Waals surface area contributed by atoms with Gasteiger partial charge in [-0.25, -0.2) is 4.79 Å². The molecular weight excluding hydrogens is 539 g/mol. The molecule has 1 saturated heterocycles. The Kier molecular flexibility index (Phi) is 7.96. The standard InChI is InChI=1S/C30H30Cl2N2O5/c1-30(15-24-13-10-21(16-33-24)28(36)38-2)29(37)34(25(17-35)18-6-7-18)26(19-8-11-22(31)12-9-19)27(39-30)20-4-3-5-23(32)14-20/h3-5,8-14,16,18,25-27,35H,6-7,15,17H2,1-2H3/t25-,26-,27-,30-/m1/s1. The van der Waals surface area contributed by atoms with Crippen LogP contribution in [0.1, 0.15) is 59.1 Å². The number of methoxy groups -OCH3 is 1. The highest BCUT2D eigenvalue weighted by atomic mass is 35.5. The van der Waals surface area contributed by atoms with Gasteiger partial charge in [0.05, 0.1) is 31.4 Å². The highest BCUT2D eigenvalue weighted by Gasteiger charge is 2.54. The van der Waals surface area contributed by atoms with E-state index in [1.807, 2.05) is 35.2 Å². The van der Waals surface area contributed by atoms with Gasteiger partial charge in [0.1, 0.15) is 6.10 Å². The number of aliphatic hydroxyl groups excluding tert-OH is 1. The number of aliphatic hydroxyl groups is 1. The molecule has 0 unspecified atom stereocenters. The Bertz CT molecular complexity index is 1350. The number of hydrogen-bond donors (Lipinski definition) is 1. The van der Waals surface area contributed by atoms with Gasteiger partial charge in [0.2, 0.25) is 0 Å². The molecule has 2 aliphatic rings. The van der Waals surface area contributed by atoms with Crippen LogP contribution >= 0.6 is 23.2 Å². The van der Waals surface area contributed by atoms with Gasteiger partial charge >= 0.3 is 5.97 Å². The normalized spacial score (nSPS) is 23.9. The first-order valence-corrected chi connectivity index (χ1v) is 13.7. The number of nitrogens with zero attached hydrogens (tertiary/aromatic N) is 2. The third-order valence-electron chi connectivity index (χ3n) is 7.52. The van der Waals surface area contributed by atoms with Crippen molar-refractivity contribution < 1.29 is 24.2 Å². The predicted octanol–water partition coefficient (Wildman–Crippen LogP) is 5.59. The minimum absolute atomic E-state index is 0.162. The molecular formula is C30H30Cl2N2O5. The third kappa shape index (κ3) is 5.68. The first kappa shape index (κ1) is 27.6. The number of benzene rings is 2. The van der Waals surface area contributed by atoms with E-state index in [1.165, 1.54) is 13.3 Å². The lowest BCUT2D eigenvalue weighted by atomic mass is 9.85. The largest absolute Gasteiger partial charge is 0.465 e. The van der Waals surface area contributed by atoms with Gasteiger partial charge in [-0.15, -0.1) is 0 Å². The summed E-state index contributed by atoms with van der Waals surface area (Å²) in [4.78, 5) is 32.6. The lowest BCUT2D eigenvalue weighted by Gasteiger charge is -2.51. The molecule has 1 N–H and O–H groups in total. The lowest BCUT2D eigenvalue weighted by molar-refractivity contribution is -0.205. The van der Waals surface area contributed by atoms with Gasteiger partial charge in [0, 0.05) is 28.4 Å². The summed E-state index contributed by atoms with van der Waals surface area (Å²) in [5, 5.41) is 11.7. The van der Waals surface area contributed by atoms with Crippen LogP contribution in [0.4, 0.5) is 0 Å². The predicted molar refractivity (Wildman–Crippen MR) is 148 cm³/mol. The van der Waals surface area contributed by atoms with E-state index in [9.17, 15) is 14.7 Å². The number of amides is 1. The number of carbonyl (C=O) groups is 2. The van der Waals surface area contributed by atoms with Crippen LogP contribution in [0.5, 0.6) is 0 Å². The fourth-order valence-corrected chi connectivity index (χ4v) is 5.73. The SMILES string of the molecule is COC(=O)c1ccc(C[C@@]2(C)O[C@H](c3cccc(Cl)c3)[C@@H](c3ccc(Cl)cc3)N([C@H](CO)C3CC3)C2=O)nc1. The van der Waals surface area contributed by atoms with E-state index < -0.39 is 23.7 Å². The van der Waals surface area contributed by atoms with Crippen LogP contribution in [0.15, 0.2) is 66.9 Å². The summed E-state index contributed by atoms with van der Waals surface area (Å²) in [5.41, 5.74) is 1.25. The van der Waals surface area contributed by atoms with E-state index in [0.29, 0.717) is 21.3 Å². The molecule has 1 saturated carbocycles. The maximum atomic E-state index is 14.4. The fourth-order valence-electron chi connectivity index (χ4n) is 5.40. The van der Waals surface area contributed by atoms with Crippen LogP contribution in [0.2, 0.25) is 10.0 Å². The zero-order valence-corrected chi connectivity index (χ0v) is 23.2. The Morgan fingerprint density at radius 2 is 1.87 bits per heavy atom. The van der Waals surface area contributed by atoms with Crippen LogP contribution in [0.25, 0.3) is 0 Å². The van der Waals surface area contributed by atoms with E-state index in [2.05, 4.69) is 4.98 Å². The van der Waals surface area contributed by atoms with Crippen molar-refractivity contribution in [3.8, 4) is 0 Å². The highest BCUT2D eigenvalue weighted by Crippen LogP contribution is 2.50. The highest BCUT2D eigenvalue weighted by molar-refractivity contribution is 6.30. The number of ether oxygens (including phenoxy) is 2. The van der Waals surface area contributed by atoms with Crippen molar-refractivity contribution in [2.45, 2.75) is 50.0 Å². The smallest absolute Gasteiger partial charge is 0.339 e. The molecule has 39 heavy (non-hydrogen) atoms. The molecule has 5 rings (SSSR count). The molecule has 3 aromatic rings. The summed E-state index contributed by atoms with van der Waals surface area (Å²) < 4.78 is 11.5. The van der Waals surface area contributed by atoms with Crippen molar-refractivity contribution in [2.75, 3.05) is 13.7 Å². The molecule has 9 heteroatoms. The van der Waals surface area contributed by atoms with Crippen molar-refractivity contribution in [1.29, 1.82) is 0 Å². The molecule has 1 aliphatic heterocycles. The van der Waals surface area contributed by atoms with E-state index in [-0.39, 0.29) is 30.9 Å². The number of rotatable bonds is 8. The second-order valence-electron chi connectivity index (χ2n) is 10.3. The summed E-state index contributed by atoms with van der Waals surface area (Å²) >= 11 is 12.6. The van der Waals surface area contributed by atoms with Crippen LogP contribution < -0.4 is 0 Å². The van der Waals surface area contributed by atoms with Crippen LogP contribution in [0, 0.1) is 5.92 Å². The first-order valence-electron chi connectivity index (χ1n) is 12.9.